The van der Waals surface area contributed by atoms with Gasteiger partial charge < -0.3 is 23.1 Å². The number of carbonyl (C=O) groups excluding carboxylic acids is 1. The number of benzene rings is 1. The smallest absolute Gasteiger partial charge is 0.192 e. The lowest BCUT2D eigenvalue weighted by molar-refractivity contribution is -0.130. The molecule has 1 aromatic carbocycles. The van der Waals surface area contributed by atoms with E-state index in [1.54, 1.807) is 7.11 Å². The van der Waals surface area contributed by atoms with Crippen LogP contribution < -0.4 is 4.74 Å². The second-order valence-electron chi connectivity index (χ2n) is 11.1. The van der Waals surface area contributed by atoms with Gasteiger partial charge in [0.25, 0.3) is 0 Å². The molecule has 0 aromatic heterocycles. The highest BCUT2D eigenvalue weighted by molar-refractivity contribution is 6.74. The summed E-state index contributed by atoms with van der Waals surface area (Å²) in [5.74, 6) is 0.726. The summed E-state index contributed by atoms with van der Waals surface area (Å²) in [6, 6.07) is 14.0. The summed E-state index contributed by atoms with van der Waals surface area (Å²) in [4.78, 5) is 12.7. The van der Waals surface area contributed by atoms with Crippen molar-refractivity contribution in [2.45, 2.75) is 130 Å². The quantitative estimate of drug-likeness (QED) is 0.0861. The first-order valence-corrected chi connectivity index (χ1v) is 20.5. The van der Waals surface area contributed by atoms with Crippen molar-refractivity contribution in [3.8, 4) is 5.75 Å². The molecule has 0 aliphatic heterocycles. The predicted octanol–water partition coefficient (Wildman–Crippen LogP) is 9.11. The molecule has 0 radical (unpaired) electrons. The van der Waals surface area contributed by atoms with Crippen LogP contribution in [0.4, 0.5) is 0 Å². The third kappa shape index (κ3) is 10.1. The van der Waals surface area contributed by atoms with E-state index >= 15 is 0 Å². The molecule has 0 fully saturated rings. The third-order valence-electron chi connectivity index (χ3n) is 9.04. The van der Waals surface area contributed by atoms with Crippen molar-refractivity contribution < 1.29 is 23.1 Å². The Morgan fingerprint density at radius 2 is 1.35 bits per heavy atom. The van der Waals surface area contributed by atoms with Gasteiger partial charge in [-0.25, -0.2) is 0 Å². The average molecular weight is 591 g/mol. The van der Waals surface area contributed by atoms with Crippen LogP contribution in [-0.4, -0.2) is 48.3 Å². The van der Waals surface area contributed by atoms with Gasteiger partial charge in [-0.1, -0.05) is 78.3 Å². The molecule has 0 aliphatic rings. The topological polar surface area (TPSA) is 54.0 Å². The highest BCUT2D eigenvalue weighted by Crippen LogP contribution is 2.35. The van der Waals surface area contributed by atoms with Crippen molar-refractivity contribution in [3.05, 3.63) is 53.1 Å². The molecule has 0 saturated heterocycles. The number of hydrogen-bond donors (Lipinski definition) is 0. The van der Waals surface area contributed by atoms with Crippen LogP contribution in [0.2, 0.25) is 36.3 Å². The molecule has 0 unspecified atom stereocenters. The maximum atomic E-state index is 12.7. The van der Waals surface area contributed by atoms with E-state index in [1.165, 1.54) is 11.1 Å². The van der Waals surface area contributed by atoms with Gasteiger partial charge >= 0.3 is 0 Å². The SMILES string of the molecule is C/C=C(C)/C=C(\C)[C@@H](O[Si](CC)(CC)CC)[C@H](C)[C@@H](O[Si](CC)(CC)CC)[C@@H](C=O)OCc1ccc(OC)cc1. The van der Waals surface area contributed by atoms with Gasteiger partial charge in [0, 0.05) is 5.92 Å². The number of aldehydes is 1. The summed E-state index contributed by atoms with van der Waals surface area (Å²) >= 11 is 0. The lowest BCUT2D eigenvalue weighted by Gasteiger charge is -2.43. The summed E-state index contributed by atoms with van der Waals surface area (Å²) in [6.07, 6.45) is 4.04. The van der Waals surface area contributed by atoms with Crippen molar-refractivity contribution >= 4 is 22.9 Å². The van der Waals surface area contributed by atoms with E-state index in [0.717, 1.165) is 53.9 Å². The van der Waals surface area contributed by atoms with Crippen LogP contribution in [0, 0.1) is 5.92 Å². The van der Waals surface area contributed by atoms with Gasteiger partial charge in [-0.05, 0) is 80.3 Å². The van der Waals surface area contributed by atoms with Crippen LogP contribution in [0.25, 0.3) is 0 Å². The molecule has 0 N–H and O–H groups in total. The fraction of sp³-hybridized carbons (Fsp3) is 0.667. The minimum atomic E-state index is -2.08. The molecule has 0 aliphatic carbocycles. The van der Waals surface area contributed by atoms with Crippen LogP contribution in [0.5, 0.6) is 5.75 Å². The number of rotatable bonds is 20. The van der Waals surface area contributed by atoms with E-state index in [9.17, 15) is 4.79 Å². The first-order chi connectivity index (χ1) is 19.1. The molecule has 0 saturated carbocycles. The summed E-state index contributed by atoms with van der Waals surface area (Å²) in [6.45, 7) is 22.4. The highest BCUT2D eigenvalue weighted by Gasteiger charge is 2.43. The van der Waals surface area contributed by atoms with Crippen molar-refractivity contribution in [2.24, 2.45) is 5.92 Å². The van der Waals surface area contributed by atoms with E-state index in [4.69, 9.17) is 18.3 Å². The van der Waals surface area contributed by atoms with E-state index in [-0.39, 0.29) is 12.0 Å². The Morgan fingerprint density at radius 1 is 0.850 bits per heavy atom. The van der Waals surface area contributed by atoms with E-state index < -0.39 is 28.8 Å². The monoisotopic (exact) mass is 590 g/mol. The minimum absolute atomic E-state index is 0.0694. The maximum absolute atomic E-state index is 12.7. The molecular weight excluding hydrogens is 533 g/mol. The number of carbonyl (C=O) groups is 1. The summed E-state index contributed by atoms with van der Waals surface area (Å²) in [5.41, 5.74) is 3.38. The Morgan fingerprint density at radius 3 is 1.77 bits per heavy atom. The normalized spacial score (nSPS) is 16.4. The summed E-state index contributed by atoms with van der Waals surface area (Å²) < 4.78 is 26.1. The molecule has 1 rings (SSSR count). The Kier molecular flexibility index (Phi) is 16.5. The molecule has 4 atom stereocenters. The molecule has 5 nitrogen and oxygen atoms in total. The Balaban J connectivity index is 3.59. The van der Waals surface area contributed by atoms with E-state index in [1.807, 2.05) is 24.3 Å². The zero-order chi connectivity index (χ0) is 30.3. The van der Waals surface area contributed by atoms with Crippen LogP contribution in [-0.2, 0) is 25.0 Å². The zero-order valence-corrected chi connectivity index (χ0v) is 29.3. The molecule has 40 heavy (non-hydrogen) atoms. The number of hydrogen-bond acceptors (Lipinski definition) is 5. The molecule has 7 heteroatoms. The second-order valence-corrected chi connectivity index (χ2v) is 20.6. The van der Waals surface area contributed by atoms with Crippen LogP contribution in [0.1, 0.15) is 74.8 Å². The molecule has 1 aromatic rings. The minimum Gasteiger partial charge on any atom is -0.497 e. The van der Waals surface area contributed by atoms with Crippen molar-refractivity contribution in [2.75, 3.05) is 7.11 Å². The van der Waals surface area contributed by atoms with Crippen molar-refractivity contribution in [1.29, 1.82) is 0 Å². The zero-order valence-electron chi connectivity index (χ0n) is 27.3. The van der Waals surface area contributed by atoms with Gasteiger partial charge in [-0.15, -0.1) is 0 Å². The summed E-state index contributed by atoms with van der Waals surface area (Å²) in [7, 11) is -2.39. The van der Waals surface area contributed by atoms with Crippen LogP contribution in [0.3, 0.4) is 0 Å². The third-order valence-corrected chi connectivity index (χ3v) is 18.3. The lowest BCUT2D eigenvalue weighted by atomic mass is 9.89. The van der Waals surface area contributed by atoms with Gasteiger partial charge in [-0.3, -0.25) is 0 Å². The van der Waals surface area contributed by atoms with Crippen molar-refractivity contribution in [1.82, 2.24) is 0 Å². The summed E-state index contributed by atoms with van der Waals surface area (Å²) in [5, 5.41) is 0. The van der Waals surface area contributed by atoms with Gasteiger partial charge in [0.2, 0.25) is 0 Å². The van der Waals surface area contributed by atoms with Crippen LogP contribution >= 0.6 is 0 Å². The van der Waals surface area contributed by atoms with Gasteiger partial charge in [0.1, 0.15) is 11.9 Å². The Bertz CT molecular complexity index is 903. The number of methoxy groups -OCH3 is 1. The predicted molar refractivity (Wildman–Crippen MR) is 174 cm³/mol. The van der Waals surface area contributed by atoms with E-state index in [2.05, 4.69) is 81.4 Å². The number of ether oxygens (including phenoxy) is 2. The van der Waals surface area contributed by atoms with E-state index in [0.29, 0.717) is 6.61 Å². The largest absolute Gasteiger partial charge is 0.497 e. The van der Waals surface area contributed by atoms with Crippen LogP contribution in [0.15, 0.2) is 47.6 Å². The fourth-order valence-corrected chi connectivity index (χ4v) is 11.3. The van der Waals surface area contributed by atoms with Gasteiger partial charge in [0.15, 0.2) is 22.9 Å². The first kappa shape index (κ1) is 36.5. The first-order valence-electron chi connectivity index (χ1n) is 15.4. The molecule has 0 bridgehead atoms. The Hall–Kier alpha value is -1.52. The highest BCUT2D eigenvalue weighted by atomic mass is 28.4. The molecule has 0 heterocycles. The van der Waals surface area contributed by atoms with Gasteiger partial charge in [0.05, 0.1) is 25.9 Å². The fourth-order valence-electron chi connectivity index (χ4n) is 5.47. The second kappa shape index (κ2) is 18.1. The maximum Gasteiger partial charge on any atom is 0.192 e. The molecular formula is C33H58O5Si2. The van der Waals surface area contributed by atoms with Crippen molar-refractivity contribution in [3.63, 3.8) is 0 Å². The van der Waals surface area contributed by atoms with Gasteiger partial charge in [-0.2, -0.15) is 0 Å². The molecule has 0 amide bonds. The molecule has 0 spiro atoms. The average Bonchev–Trinajstić information content (AvgIpc) is 3.00. The number of allylic oxidation sites excluding steroid dienone is 3. The Labute approximate surface area is 248 Å². The standard InChI is InChI=1S/C33H58O5Si2/c1-12-26(8)23-27(9)32(37-39(13-2,14-3)15-4)28(10)33(38-40(16-5,17-6)18-7)31(24-34)36-25-29-19-21-30(35-11)22-20-29/h12,19-24,28,31-33H,13-18,25H2,1-11H3/b26-12+,27-23+/t28-,31+,32+,33+/m0/s1. The molecule has 228 valence electrons. The lowest BCUT2D eigenvalue weighted by Crippen LogP contribution is -2.53.